The van der Waals surface area contributed by atoms with Crippen LogP contribution < -0.4 is 4.74 Å². The number of ether oxygens (including phenoxy) is 2. The van der Waals surface area contributed by atoms with Crippen LogP contribution in [0.25, 0.3) is 0 Å². The molecule has 1 amide bonds. The number of morpholine rings is 1. The van der Waals surface area contributed by atoms with Gasteiger partial charge in [-0.25, -0.2) is 4.98 Å². The Balaban J connectivity index is 1.46. The maximum absolute atomic E-state index is 13.0. The zero-order chi connectivity index (χ0) is 17.9. The van der Waals surface area contributed by atoms with E-state index in [2.05, 4.69) is 20.9 Å². The van der Waals surface area contributed by atoms with E-state index in [9.17, 15) is 4.79 Å². The van der Waals surface area contributed by atoms with Gasteiger partial charge in [-0.3, -0.25) is 4.79 Å². The Labute approximate surface area is 161 Å². The standard InChI is InChI=1S/C20H21BrN2O3/c21-15-4-3-5-16(12-15)26-19-9-8-14(13-22-19)20(24)23-10-11-25-18-7-2-1-6-17(18)23/h3-5,8-9,12-13,17-18H,1-2,6-7,10-11H2. The van der Waals surface area contributed by atoms with Crippen LogP contribution in [-0.4, -0.2) is 41.1 Å². The van der Waals surface area contributed by atoms with Crippen LogP contribution in [0.4, 0.5) is 0 Å². The molecule has 2 aliphatic rings. The van der Waals surface area contributed by atoms with Gasteiger partial charge >= 0.3 is 0 Å². The highest BCUT2D eigenvalue weighted by Gasteiger charge is 2.37. The van der Waals surface area contributed by atoms with Gasteiger partial charge in [0.2, 0.25) is 5.88 Å². The van der Waals surface area contributed by atoms with Gasteiger partial charge in [-0.15, -0.1) is 0 Å². The van der Waals surface area contributed by atoms with Gasteiger partial charge < -0.3 is 14.4 Å². The lowest BCUT2D eigenvalue weighted by Gasteiger charge is -2.43. The molecule has 1 aliphatic carbocycles. The molecule has 2 atom stereocenters. The number of hydrogen-bond donors (Lipinski definition) is 0. The Morgan fingerprint density at radius 1 is 1.23 bits per heavy atom. The molecule has 0 radical (unpaired) electrons. The minimum Gasteiger partial charge on any atom is -0.439 e. The van der Waals surface area contributed by atoms with Crippen molar-refractivity contribution in [1.29, 1.82) is 0 Å². The Bertz CT molecular complexity index is 779. The third kappa shape index (κ3) is 3.76. The van der Waals surface area contributed by atoms with Gasteiger partial charge in [-0.2, -0.15) is 0 Å². The Morgan fingerprint density at radius 3 is 2.92 bits per heavy atom. The molecule has 1 aromatic heterocycles. The number of rotatable bonds is 3. The monoisotopic (exact) mass is 416 g/mol. The average Bonchev–Trinajstić information content (AvgIpc) is 2.68. The van der Waals surface area contributed by atoms with E-state index in [1.807, 2.05) is 29.2 Å². The highest BCUT2D eigenvalue weighted by molar-refractivity contribution is 9.10. The average molecular weight is 417 g/mol. The summed E-state index contributed by atoms with van der Waals surface area (Å²) >= 11 is 3.42. The van der Waals surface area contributed by atoms with Crippen LogP contribution in [0, 0.1) is 0 Å². The third-order valence-electron chi connectivity index (χ3n) is 4.99. The zero-order valence-corrected chi connectivity index (χ0v) is 16.0. The minimum absolute atomic E-state index is 0.0340. The molecule has 0 N–H and O–H groups in total. The smallest absolute Gasteiger partial charge is 0.255 e. The van der Waals surface area contributed by atoms with Gasteiger partial charge in [0.1, 0.15) is 5.75 Å². The molecule has 2 aromatic rings. The van der Waals surface area contributed by atoms with E-state index in [0.29, 0.717) is 30.3 Å². The summed E-state index contributed by atoms with van der Waals surface area (Å²) in [5.74, 6) is 1.20. The second-order valence-electron chi connectivity index (χ2n) is 6.70. The number of amides is 1. The van der Waals surface area contributed by atoms with Crippen LogP contribution in [0.3, 0.4) is 0 Å². The van der Waals surface area contributed by atoms with Gasteiger partial charge in [-0.1, -0.05) is 34.8 Å². The second kappa shape index (κ2) is 7.76. The molecule has 6 heteroatoms. The fourth-order valence-electron chi connectivity index (χ4n) is 3.73. The molecule has 2 fully saturated rings. The van der Waals surface area contributed by atoms with E-state index in [0.717, 1.165) is 23.7 Å². The molecule has 2 heterocycles. The lowest BCUT2D eigenvalue weighted by molar-refractivity contribution is -0.0752. The SMILES string of the molecule is O=C(c1ccc(Oc2cccc(Br)c2)nc1)N1CCOC2CCCCC21. The normalized spacial score (nSPS) is 22.6. The maximum atomic E-state index is 13.0. The quantitative estimate of drug-likeness (QED) is 0.742. The number of carbonyl (C=O) groups is 1. The molecule has 4 rings (SSSR count). The molecule has 1 saturated carbocycles. The van der Waals surface area contributed by atoms with Gasteiger partial charge in [0.15, 0.2) is 0 Å². The molecule has 1 aliphatic heterocycles. The first-order valence-electron chi connectivity index (χ1n) is 9.03. The Kier molecular flexibility index (Phi) is 5.22. The first-order chi connectivity index (χ1) is 12.7. The fourth-order valence-corrected chi connectivity index (χ4v) is 4.11. The predicted octanol–water partition coefficient (Wildman–Crippen LogP) is 4.42. The number of fused-ring (bicyclic) bond motifs is 1. The topological polar surface area (TPSA) is 51.7 Å². The summed E-state index contributed by atoms with van der Waals surface area (Å²) in [6.07, 6.45) is 6.20. The van der Waals surface area contributed by atoms with Crippen molar-refractivity contribution >= 4 is 21.8 Å². The van der Waals surface area contributed by atoms with Gasteiger partial charge in [0.05, 0.1) is 24.3 Å². The van der Waals surface area contributed by atoms with Crippen LogP contribution >= 0.6 is 15.9 Å². The second-order valence-corrected chi connectivity index (χ2v) is 7.62. The molecule has 2 unspecified atom stereocenters. The van der Waals surface area contributed by atoms with Crippen LogP contribution in [0.15, 0.2) is 47.1 Å². The minimum atomic E-state index is 0.0340. The summed E-state index contributed by atoms with van der Waals surface area (Å²) in [5, 5.41) is 0. The van der Waals surface area contributed by atoms with E-state index >= 15 is 0 Å². The summed E-state index contributed by atoms with van der Waals surface area (Å²) in [6.45, 7) is 1.26. The highest BCUT2D eigenvalue weighted by Crippen LogP contribution is 2.30. The van der Waals surface area contributed by atoms with E-state index in [1.54, 1.807) is 18.3 Å². The molecule has 1 aromatic carbocycles. The molecule has 26 heavy (non-hydrogen) atoms. The number of halogens is 1. The Hall–Kier alpha value is -1.92. The van der Waals surface area contributed by atoms with E-state index < -0.39 is 0 Å². The molecule has 136 valence electrons. The van der Waals surface area contributed by atoms with Crippen molar-refractivity contribution in [2.24, 2.45) is 0 Å². The van der Waals surface area contributed by atoms with Crippen LogP contribution in [-0.2, 0) is 4.74 Å². The number of aromatic nitrogens is 1. The van der Waals surface area contributed by atoms with Crippen molar-refractivity contribution in [1.82, 2.24) is 9.88 Å². The van der Waals surface area contributed by atoms with E-state index in [4.69, 9.17) is 9.47 Å². The molecule has 0 bridgehead atoms. The summed E-state index contributed by atoms with van der Waals surface area (Å²) in [5.41, 5.74) is 0.595. The van der Waals surface area contributed by atoms with Crippen LogP contribution in [0.5, 0.6) is 11.6 Å². The van der Waals surface area contributed by atoms with Crippen molar-refractivity contribution in [2.45, 2.75) is 37.8 Å². The van der Waals surface area contributed by atoms with E-state index in [1.165, 1.54) is 6.42 Å². The third-order valence-corrected chi connectivity index (χ3v) is 5.49. The first kappa shape index (κ1) is 17.5. The summed E-state index contributed by atoms with van der Waals surface area (Å²) in [7, 11) is 0. The van der Waals surface area contributed by atoms with Crippen LogP contribution in [0.1, 0.15) is 36.0 Å². The zero-order valence-electron chi connectivity index (χ0n) is 14.4. The molecular formula is C20H21BrN2O3. The molecule has 5 nitrogen and oxygen atoms in total. The molecule has 1 saturated heterocycles. The lowest BCUT2D eigenvalue weighted by atomic mass is 9.90. The van der Waals surface area contributed by atoms with Crippen molar-refractivity contribution in [3.8, 4) is 11.6 Å². The fraction of sp³-hybridized carbons (Fsp3) is 0.400. The van der Waals surface area contributed by atoms with Crippen molar-refractivity contribution in [2.75, 3.05) is 13.2 Å². The van der Waals surface area contributed by atoms with Gasteiger partial charge in [-0.05, 0) is 37.1 Å². The number of carbonyl (C=O) groups excluding carboxylic acids is 1. The van der Waals surface area contributed by atoms with Crippen molar-refractivity contribution in [3.05, 3.63) is 52.6 Å². The summed E-state index contributed by atoms with van der Waals surface area (Å²) in [6, 6.07) is 11.3. The highest BCUT2D eigenvalue weighted by atomic mass is 79.9. The number of hydrogen-bond acceptors (Lipinski definition) is 4. The first-order valence-corrected chi connectivity index (χ1v) is 9.82. The number of pyridine rings is 1. The predicted molar refractivity (Wildman–Crippen MR) is 101 cm³/mol. The molecule has 0 spiro atoms. The van der Waals surface area contributed by atoms with Crippen molar-refractivity contribution < 1.29 is 14.3 Å². The van der Waals surface area contributed by atoms with Crippen molar-refractivity contribution in [3.63, 3.8) is 0 Å². The summed E-state index contributed by atoms with van der Waals surface area (Å²) < 4.78 is 12.5. The number of nitrogens with zero attached hydrogens (tertiary/aromatic N) is 2. The Morgan fingerprint density at radius 2 is 2.12 bits per heavy atom. The largest absolute Gasteiger partial charge is 0.439 e. The summed E-state index contributed by atoms with van der Waals surface area (Å²) in [4.78, 5) is 19.2. The van der Waals surface area contributed by atoms with Crippen LogP contribution in [0.2, 0.25) is 0 Å². The number of benzene rings is 1. The maximum Gasteiger partial charge on any atom is 0.255 e. The van der Waals surface area contributed by atoms with Gasteiger partial charge in [0, 0.05) is 23.3 Å². The lowest BCUT2D eigenvalue weighted by Crippen LogP contribution is -2.54. The van der Waals surface area contributed by atoms with E-state index in [-0.39, 0.29) is 18.1 Å². The van der Waals surface area contributed by atoms with Gasteiger partial charge in [0.25, 0.3) is 5.91 Å². The molecular weight excluding hydrogens is 396 g/mol.